The maximum Gasteiger partial charge on any atom is 0.134 e. The lowest BCUT2D eigenvalue weighted by Crippen LogP contribution is -1.99. The zero-order valence-corrected chi connectivity index (χ0v) is 7.53. The molecule has 0 fully saturated rings. The molecule has 0 unspecified atom stereocenters. The molecule has 0 saturated carbocycles. The SMILES string of the molecule is NCc1cc(F)ccc1-c1ccco1. The van der Waals surface area contributed by atoms with Crippen molar-refractivity contribution in [1.82, 2.24) is 0 Å². The molecule has 72 valence electrons. The fraction of sp³-hybridized carbons (Fsp3) is 0.0909. The Morgan fingerprint density at radius 1 is 1.29 bits per heavy atom. The Morgan fingerprint density at radius 2 is 2.14 bits per heavy atom. The first-order valence-corrected chi connectivity index (χ1v) is 4.33. The van der Waals surface area contributed by atoms with Crippen molar-refractivity contribution >= 4 is 0 Å². The van der Waals surface area contributed by atoms with E-state index in [1.54, 1.807) is 18.4 Å². The van der Waals surface area contributed by atoms with Crippen molar-refractivity contribution in [2.45, 2.75) is 6.54 Å². The van der Waals surface area contributed by atoms with Gasteiger partial charge in [0.2, 0.25) is 0 Å². The van der Waals surface area contributed by atoms with Gasteiger partial charge in [-0.1, -0.05) is 0 Å². The lowest BCUT2D eigenvalue weighted by atomic mass is 10.1. The van der Waals surface area contributed by atoms with Gasteiger partial charge in [0.05, 0.1) is 6.26 Å². The Kier molecular flexibility index (Phi) is 2.33. The van der Waals surface area contributed by atoms with Gasteiger partial charge in [0, 0.05) is 12.1 Å². The molecular weight excluding hydrogens is 181 g/mol. The van der Waals surface area contributed by atoms with E-state index in [1.165, 1.54) is 12.1 Å². The lowest BCUT2D eigenvalue weighted by molar-refractivity contribution is 0.580. The third kappa shape index (κ3) is 1.54. The summed E-state index contributed by atoms with van der Waals surface area (Å²) in [5, 5.41) is 0. The van der Waals surface area contributed by atoms with Crippen LogP contribution in [-0.2, 0) is 6.54 Å². The fourth-order valence-corrected chi connectivity index (χ4v) is 1.40. The molecule has 2 aromatic rings. The Morgan fingerprint density at radius 3 is 2.79 bits per heavy atom. The Labute approximate surface area is 81.2 Å². The molecule has 2 rings (SSSR count). The van der Waals surface area contributed by atoms with Crippen LogP contribution < -0.4 is 5.73 Å². The maximum atomic E-state index is 12.9. The highest BCUT2D eigenvalue weighted by Gasteiger charge is 2.06. The first-order valence-electron chi connectivity index (χ1n) is 4.33. The number of benzene rings is 1. The van der Waals surface area contributed by atoms with Crippen LogP contribution in [0.15, 0.2) is 41.0 Å². The zero-order valence-electron chi connectivity index (χ0n) is 7.53. The standard InChI is InChI=1S/C11H10FNO/c12-9-3-4-10(8(6-9)7-13)11-2-1-5-14-11/h1-6H,7,13H2. The molecular formula is C11H10FNO. The average molecular weight is 191 g/mol. The van der Waals surface area contributed by atoms with Crippen LogP contribution in [0.5, 0.6) is 0 Å². The van der Waals surface area contributed by atoms with Gasteiger partial charge >= 0.3 is 0 Å². The van der Waals surface area contributed by atoms with E-state index in [4.69, 9.17) is 10.2 Å². The number of furan rings is 1. The molecule has 0 saturated heterocycles. The molecule has 0 radical (unpaired) electrons. The molecule has 0 spiro atoms. The number of rotatable bonds is 2. The molecule has 1 heterocycles. The first kappa shape index (κ1) is 8.97. The van der Waals surface area contributed by atoms with Crippen molar-refractivity contribution in [3.05, 3.63) is 48.0 Å². The van der Waals surface area contributed by atoms with Gasteiger partial charge in [0.15, 0.2) is 0 Å². The van der Waals surface area contributed by atoms with Gasteiger partial charge in [-0.3, -0.25) is 0 Å². The molecule has 0 aliphatic carbocycles. The van der Waals surface area contributed by atoms with Crippen LogP contribution in [0, 0.1) is 5.82 Å². The summed E-state index contributed by atoms with van der Waals surface area (Å²) in [5.41, 5.74) is 7.11. The molecule has 1 aromatic heterocycles. The Hall–Kier alpha value is -1.61. The van der Waals surface area contributed by atoms with Crippen molar-refractivity contribution < 1.29 is 8.81 Å². The van der Waals surface area contributed by atoms with Gasteiger partial charge in [-0.2, -0.15) is 0 Å². The van der Waals surface area contributed by atoms with Crippen LogP contribution in [0.4, 0.5) is 4.39 Å². The lowest BCUT2D eigenvalue weighted by Gasteiger charge is -2.04. The summed E-state index contributed by atoms with van der Waals surface area (Å²) in [6.07, 6.45) is 1.58. The smallest absolute Gasteiger partial charge is 0.134 e. The van der Waals surface area contributed by atoms with E-state index < -0.39 is 0 Å². The Balaban J connectivity index is 2.53. The van der Waals surface area contributed by atoms with Crippen LogP contribution in [0.2, 0.25) is 0 Å². The summed E-state index contributed by atoms with van der Waals surface area (Å²) in [6, 6.07) is 8.12. The minimum Gasteiger partial charge on any atom is -0.464 e. The van der Waals surface area contributed by atoms with E-state index in [1.807, 2.05) is 6.07 Å². The van der Waals surface area contributed by atoms with Crippen molar-refractivity contribution in [2.24, 2.45) is 5.73 Å². The average Bonchev–Trinajstić information content (AvgIpc) is 2.70. The summed E-state index contributed by atoms with van der Waals surface area (Å²) in [7, 11) is 0. The topological polar surface area (TPSA) is 39.2 Å². The molecule has 2 nitrogen and oxygen atoms in total. The van der Waals surface area contributed by atoms with Crippen molar-refractivity contribution in [2.75, 3.05) is 0 Å². The first-order chi connectivity index (χ1) is 6.81. The van der Waals surface area contributed by atoms with E-state index in [9.17, 15) is 4.39 Å². The van der Waals surface area contributed by atoms with E-state index in [2.05, 4.69) is 0 Å². The van der Waals surface area contributed by atoms with Crippen LogP contribution in [0.25, 0.3) is 11.3 Å². The fourth-order valence-electron chi connectivity index (χ4n) is 1.40. The highest BCUT2D eigenvalue weighted by atomic mass is 19.1. The van der Waals surface area contributed by atoms with Crippen molar-refractivity contribution in [3.8, 4) is 11.3 Å². The van der Waals surface area contributed by atoms with E-state index >= 15 is 0 Å². The second kappa shape index (κ2) is 3.64. The monoisotopic (exact) mass is 191 g/mol. The van der Waals surface area contributed by atoms with E-state index in [0.717, 1.165) is 11.1 Å². The third-order valence-corrected chi connectivity index (χ3v) is 2.07. The predicted octanol–water partition coefficient (Wildman–Crippen LogP) is 2.54. The molecule has 0 aliphatic rings. The summed E-state index contributed by atoms with van der Waals surface area (Å²) in [4.78, 5) is 0. The highest BCUT2D eigenvalue weighted by molar-refractivity contribution is 5.61. The molecule has 14 heavy (non-hydrogen) atoms. The summed E-state index contributed by atoms with van der Waals surface area (Å²) < 4.78 is 18.1. The maximum absolute atomic E-state index is 12.9. The van der Waals surface area contributed by atoms with Crippen LogP contribution >= 0.6 is 0 Å². The van der Waals surface area contributed by atoms with Gasteiger partial charge in [-0.05, 0) is 35.9 Å². The summed E-state index contributed by atoms with van der Waals surface area (Å²) >= 11 is 0. The van der Waals surface area contributed by atoms with Crippen molar-refractivity contribution in [1.29, 1.82) is 0 Å². The molecule has 0 atom stereocenters. The normalized spacial score (nSPS) is 10.4. The second-order valence-electron chi connectivity index (χ2n) is 2.98. The van der Waals surface area contributed by atoms with E-state index in [0.29, 0.717) is 12.3 Å². The Bertz CT molecular complexity index is 423. The number of nitrogens with two attached hydrogens (primary N) is 1. The van der Waals surface area contributed by atoms with Gasteiger partial charge < -0.3 is 10.2 Å². The highest BCUT2D eigenvalue weighted by Crippen LogP contribution is 2.24. The number of hydrogen-bond donors (Lipinski definition) is 1. The second-order valence-corrected chi connectivity index (χ2v) is 2.98. The quantitative estimate of drug-likeness (QED) is 0.792. The van der Waals surface area contributed by atoms with E-state index in [-0.39, 0.29) is 5.82 Å². The van der Waals surface area contributed by atoms with Crippen molar-refractivity contribution in [3.63, 3.8) is 0 Å². The van der Waals surface area contributed by atoms with Crippen LogP contribution in [0.1, 0.15) is 5.56 Å². The molecule has 3 heteroatoms. The number of hydrogen-bond acceptors (Lipinski definition) is 2. The summed E-state index contributed by atoms with van der Waals surface area (Å²) in [6.45, 7) is 0.299. The summed E-state index contributed by atoms with van der Waals surface area (Å²) in [5.74, 6) is 0.436. The van der Waals surface area contributed by atoms with Gasteiger partial charge in [-0.25, -0.2) is 4.39 Å². The molecule has 0 amide bonds. The minimum atomic E-state index is -0.277. The molecule has 1 aromatic carbocycles. The third-order valence-electron chi connectivity index (χ3n) is 2.07. The molecule has 0 bridgehead atoms. The molecule has 2 N–H and O–H groups in total. The zero-order chi connectivity index (χ0) is 9.97. The minimum absolute atomic E-state index is 0.277. The molecule has 0 aliphatic heterocycles. The predicted molar refractivity (Wildman–Crippen MR) is 52.0 cm³/mol. The van der Waals surface area contributed by atoms with Gasteiger partial charge in [0.1, 0.15) is 11.6 Å². The largest absolute Gasteiger partial charge is 0.464 e. The van der Waals surface area contributed by atoms with Gasteiger partial charge in [0.25, 0.3) is 0 Å². The van der Waals surface area contributed by atoms with Crippen LogP contribution in [0.3, 0.4) is 0 Å². The van der Waals surface area contributed by atoms with Gasteiger partial charge in [-0.15, -0.1) is 0 Å². The number of halogens is 1. The van der Waals surface area contributed by atoms with Crippen LogP contribution in [-0.4, -0.2) is 0 Å².